The van der Waals surface area contributed by atoms with E-state index < -0.39 is 12.8 Å². The number of phenolic OH excluding ortho intramolecular Hbond substituents is 1. The SMILES string of the molecule is CCC(C)(c1cc(C(C)(C)C)c(O)cc1C(C)(C)C)P(=O)(O)O. The van der Waals surface area contributed by atoms with E-state index in [2.05, 4.69) is 0 Å². The number of rotatable bonds is 3. The van der Waals surface area contributed by atoms with Gasteiger partial charge in [0.2, 0.25) is 0 Å². The van der Waals surface area contributed by atoms with E-state index in [1.54, 1.807) is 26.0 Å². The lowest BCUT2D eigenvalue weighted by molar-refractivity contribution is 0.325. The number of hydrogen-bond donors (Lipinski definition) is 3. The van der Waals surface area contributed by atoms with E-state index in [1.807, 2.05) is 41.5 Å². The largest absolute Gasteiger partial charge is 0.508 e. The minimum atomic E-state index is -4.38. The molecule has 4 nitrogen and oxygen atoms in total. The molecule has 0 saturated heterocycles. The molecule has 132 valence electrons. The lowest BCUT2D eigenvalue weighted by Crippen LogP contribution is -2.28. The first-order valence-electron chi connectivity index (χ1n) is 8.00. The van der Waals surface area contributed by atoms with Gasteiger partial charge in [0.25, 0.3) is 0 Å². The van der Waals surface area contributed by atoms with E-state index in [1.165, 1.54) is 0 Å². The molecule has 1 atom stereocenters. The molecule has 0 amide bonds. The monoisotopic (exact) mass is 342 g/mol. The zero-order chi connectivity index (χ0) is 18.4. The first-order valence-corrected chi connectivity index (χ1v) is 9.61. The minimum Gasteiger partial charge on any atom is -0.508 e. The molecule has 5 heteroatoms. The second kappa shape index (κ2) is 5.91. The highest BCUT2D eigenvalue weighted by atomic mass is 31.2. The molecule has 1 aromatic rings. The Morgan fingerprint density at radius 1 is 0.870 bits per heavy atom. The Labute approximate surface area is 140 Å². The quantitative estimate of drug-likeness (QED) is 0.690. The number of aromatic hydroxyl groups is 1. The molecule has 0 saturated carbocycles. The van der Waals surface area contributed by atoms with Gasteiger partial charge in [-0.25, -0.2) is 0 Å². The van der Waals surface area contributed by atoms with Gasteiger partial charge >= 0.3 is 7.60 Å². The molecule has 0 aliphatic rings. The van der Waals surface area contributed by atoms with Crippen LogP contribution in [0.15, 0.2) is 12.1 Å². The first-order chi connectivity index (χ1) is 10.1. The fourth-order valence-electron chi connectivity index (χ4n) is 2.81. The number of hydrogen-bond acceptors (Lipinski definition) is 2. The normalized spacial score (nSPS) is 16.3. The standard InChI is InChI=1S/C18H31O4P/c1-9-18(8,23(20,21)22)13-10-14(17(5,6)7)15(19)11-12(13)16(2,3)4/h10-11,19H,9H2,1-8H3,(H2,20,21,22). The van der Waals surface area contributed by atoms with Crippen LogP contribution in [0.1, 0.15) is 78.5 Å². The van der Waals surface area contributed by atoms with Crippen molar-refractivity contribution in [2.24, 2.45) is 0 Å². The fraction of sp³-hybridized carbons (Fsp3) is 0.667. The van der Waals surface area contributed by atoms with Gasteiger partial charge in [-0.2, -0.15) is 0 Å². The number of benzene rings is 1. The summed E-state index contributed by atoms with van der Waals surface area (Å²) >= 11 is 0. The molecule has 1 unspecified atom stereocenters. The molecule has 23 heavy (non-hydrogen) atoms. The molecule has 0 aromatic heterocycles. The van der Waals surface area contributed by atoms with Crippen molar-refractivity contribution in [3.63, 3.8) is 0 Å². The summed E-state index contributed by atoms with van der Waals surface area (Å²) in [6.45, 7) is 15.3. The van der Waals surface area contributed by atoms with Gasteiger partial charge in [-0.15, -0.1) is 0 Å². The summed E-state index contributed by atoms with van der Waals surface area (Å²) in [5, 5.41) is 9.19. The van der Waals surface area contributed by atoms with Crippen molar-refractivity contribution in [2.45, 2.75) is 77.8 Å². The van der Waals surface area contributed by atoms with Crippen LogP contribution < -0.4 is 0 Å². The third-order valence-electron chi connectivity index (χ3n) is 4.66. The van der Waals surface area contributed by atoms with Crippen LogP contribution in [0.4, 0.5) is 0 Å². The molecule has 0 bridgehead atoms. The Balaban J connectivity index is 3.91. The Morgan fingerprint density at radius 2 is 1.30 bits per heavy atom. The number of phenols is 1. The zero-order valence-corrected chi connectivity index (χ0v) is 16.5. The highest BCUT2D eigenvalue weighted by Crippen LogP contribution is 2.60. The van der Waals surface area contributed by atoms with Gasteiger partial charge in [0.05, 0.1) is 5.16 Å². The van der Waals surface area contributed by atoms with Gasteiger partial charge in [-0.1, -0.05) is 54.5 Å². The van der Waals surface area contributed by atoms with Crippen molar-refractivity contribution in [3.05, 3.63) is 28.8 Å². The molecular weight excluding hydrogens is 311 g/mol. The second-order valence-corrected chi connectivity index (χ2v) is 10.7. The van der Waals surface area contributed by atoms with Crippen molar-refractivity contribution in [1.29, 1.82) is 0 Å². The van der Waals surface area contributed by atoms with Crippen LogP contribution in [0.25, 0.3) is 0 Å². The Morgan fingerprint density at radius 3 is 1.61 bits per heavy atom. The summed E-state index contributed by atoms with van der Waals surface area (Å²) in [6, 6.07) is 3.47. The van der Waals surface area contributed by atoms with E-state index in [-0.39, 0.29) is 16.6 Å². The third-order valence-corrected chi connectivity index (χ3v) is 6.51. The van der Waals surface area contributed by atoms with Crippen LogP contribution in [0.3, 0.4) is 0 Å². The van der Waals surface area contributed by atoms with E-state index in [4.69, 9.17) is 0 Å². The average molecular weight is 342 g/mol. The average Bonchev–Trinajstić information content (AvgIpc) is 2.33. The highest BCUT2D eigenvalue weighted by Gasteiger charge is 2.45. The predicted octanol–water partition coefficient (Wildman–Crippen LogP) is 4.79. The zero-order valence-electron chi connectivity index (χ0n) is 15.6. The van der Waals surface area contributed by atoms with Gasteiger partial charge in [-0.05, 0) is 46.9 Å². The summed E-state index contributed by atoms with van der Waals surface area (Å²) in [5.41, 5.74) is 1.45. The van der Waals surface area contributed by atoms with Crippen molar-refractivity contribution in [2.75, 3.05) is 0 Å². The van der Waals surface area contributed by atoms with E-state index in [0.29, 0.717) is 17.5 Å². The summed E-state index contributed by atoms with van der Waals surface area (Å²) < 4.78 is 12.2. The van der Waals surface area contributed by atoms with Crippen molar-refractivity contribution in [3.8, 4) is 5.75 Å². The molecule has 1 aromatic carbocycles. The Bertz CT molecular complexity index is 632. The molecule has 3 N–H and O–H groups in total. The maximum atomic E-state index is 12.2. The minimum absolute atomic E-state index is 0.176. The van der Waals surface area contributed by atoms with Gasteiger partial charge in [0.1, 0.15) is 5.75 Å². The first kappa shape index (κ1) is 20.2. The van der Waals surface area contributed by atoms with Crippen LogP contribution in [-0.4, -0.2) is 14.9 Å². The molecule has 0 aliphatic heterocycles. The third kappa shape index (κ3) is 3.81. The predicted molar refractivity (Wildman–Crippen MR) is 95.2 cm³/mol. The lowest BCUT2D eigenvalue weighted by Gasteiger charge is -2.37. The van der Waals surface area contributed by atoms with E-state index in [9.17, 15) is 19.5 Å². The fourth-order valence-corrected chi connectivity index (χ4v) is 3.72. The van der Waals surface area contributed by atoms with Crippen LogP contribution in [0, 0.1) is 0 Å². The molecule has 0 aliphatic carbocycles. The lowest BCUT2D eigenvalue weighted by atomic mass is 9.75. The Kier molecular flexibility index (Phi) is 5.20. The summed E-state index contributed by atoms with van der Waals surface area (Å²) in [7, 11) is -4.38. The molecule has 0 fully saturated rings. The Hall–Kier alpha value is -0.830. The van der Waals surface area contributed by atoms with Crippen molar-refractivity contribution < 1.29 is 19.5 Å². The van der Waals surface area contributed by atoms with Gasteiger partial charge in [0, 0.05) is 0 Å². The van der Waals surface area contributed by atoms with Crippen LogP contribution in [-0.2, 0) is 20.6 Å². The van der Waals surface area contributed by atoms with Gasteiger partial charge < -0.3 is 14.9 Å². The summed E-state index contributed by atoms with van der Waals surface area (Å²) in [6.07, 6.45) is 0.314. The van der Waals surface area contributed by atoms with Crippen molar-refractivity contribution in [1.82, 2.24) is 0 Å². The van der Waals surface area contributed by atoms with Crippen LogP contribution >= 0.6 is 7.60 Å². The molecule has 0 heterocycles. The highest BCUT2D eigenvalue weighted by molar-refractivity contribution is 7.53. The maximum absolute atomic E-state index is 12.2. The second-order valence-electron chi connectivity index (χ2n) is 8.59. The van der Waals surface area contributed by atoms with Crippen LogP contribution in [0.2, 0.25) is 0 Å². The van der Waals surface area contributed by atoms with Crippen molar-refractivity contribution >= 4 is 7.60 Å². The molecule has 0 spiro atoms. The topological polar surface area (TPSA) is 77.8 Å². The van der Waals surface area contributed by atoms with E-state index >= 15 is 0 Å². The summed E-state index contributed by atoms with van der Waals surface area (Å²) in [5.74, 6) is 0.176. The molecular formula is C18H31O4P. The van der Waals surface area contributed by atoms with E-state index in [0.717, 1.165) is 5.56 Å². The van der Waals surface area contributed by atoms with Gasteiger partial charge in [0.15, 0.2) is 0 Å². The van der Waals surface area contributed by atoms with Crippen LogP contribution in [0.5, 0.6) is 5.75 Å². The summed E-state index contributed by atoms with van der Waals surface area (Å²) in [4.78, 5) is 20.0. The maximum Gasteiger partial charge on any atom is 0.335 e. The van der Waals surface area contributed by atoms with Gasteiger partial charge in [-0.3, -0.25) is 4.57 Å². The molecule has 0 radical (unpaired) electrons. The molecule has 1 rings (SSSR count). The smallest absolute Gasteiger partial charge is 0.335 e.